The van der Waals surface area contributed by atoms with Gasteiger partial charge in [-0.25, -0.2) is 0 Å². The third-order valence-electron chi connectivity index (χ3n) is 3.80. The smallest absolute Gasteiger partial charge is 0.466 e. The zero-order valence-electron chi connectivity index (χ0n) is 12.5. The van der Waals surface area contributed by atoms with Gasteiger partial charge in [-0.1, -0.05) is 5.16 Å². The van der Waals surface area contributed by atoms with E-state index in [-0.39, 0.29) is 24.2 Å². The summed E-state index contributed by atoms with van der Waals surface area (Å²) in [5.74, 6) is -0.802. The zero-order valence-corrected chi connectivity index (χ0v) is 12.5. The molecule has 3 heterocycles. The Morgan fingerprint density at radius 1 is 1.39 bits per heavy atom. The van der Waals surface area contributed by atoms with Gasteiger partial charge in [0.1, 0.15) is 11.5 Å². The molecule has 23 heavy (non-hydrogen) atoms. The molecule has 1 aliphatic heterocycles. The third-order valence-corrected chi connectivity index (χ3v) is 3.80. The average Bonchev–Trinajstić information content (AvgIpc) is 3.14. The molecule has 0 saturated carbocycles. The fraction of sp³-hybridized carbons (Fsp3) is 0.500. The van der Waals surface area contributed by atoms with Crippen LogP contribution in [0, 0.1) is 13.8 Å². The molecule has 3 rings (SSSR count). The first-order valence-corrected chi connectivity index (χ1v) is 7.03. The molecule has 9 heteroatoms. The molecule has 2 aromatic heterocycles. The van der Waals surface area contributed by atoms with Crippen molar-refractivity contribution in [1.82, 2.24) is 15.0 Å². The van der Waals surface area contributed by atoms with E-state index in [0.29, 0.717) is 30.0 Å². The van der Waals surface area contributed by atoms with Crippen molar-refractivity contribution in [2.45, 2.75) is 32.4 Å². The van der Waals surface area contributed by atoms with E-state index >= 15 is 0 Å². The Morgan fingerprint density at radius 3 is 2.70 bits per heavy atom. The Hall–Kier alpha value is -2.32. The van der Waals surface area contributed by atoms with Crippen molar-refractivity contribution in [3.05, 3.63) is 34.9 Å². The van der Waals surface area contributed by atoms with Crippen molar-refractivity contribution < 1.29 is 26.9 Å². The standard InChI is InChI=1S/C14H14F3N3O3/c1-7-5-10(8(2)22-7)12(21)20-4-3-9(6-20)11-18-13(23-19-11)14(15,16)17/h5,9H,3-4,6H2,1-2H3/t9-/m1/s1. The van der Waals surface area contributed by atoms with Gasteiger partial charge in [-0.15, -0.1) is 0 Å². The number of aryl methyl sites for hydroxylation is 2. The van der Waals surface area contributed by atoms with Crippen LogP contribution in [0.3, 0.4) is 0 Å². The van der Waals surface area contributed by atoms with E-state index in [9.17, 15) is 18.0 Å². The number of nitrogens with zero attached hydrogens (tertiary/aromatic N) is 3. The summed E-state index contributed by atoms with van der Waals surface area (Å²) in [5, 5.41) is 3.39. The highest BCUT2D eigenvalue weighted by Gasteiger charge is 2.40. The van der Waals surface area contributed by atoms with E-state index < -0.39 is 12.1 Å². The molecule has 1 amide bonds. The SMILES string of the molecule is Cc1cc(C(=O)N2CC[C@@H](c3noc(C(F)(F)F)n3)C2)c(C)o1. The van der Waals surface area contributed by atoms with Crippen LogP contribution >= 0.6 is 0 Å². The lowest BCUT2D eigenvalue weighted by Crippen LogP contribution is -2.28. The molecule has 1 fully saturated rings. The number of amides is 1. The molecule has 0 radical (unpaired) electrons. The van der Waals surface area contributed by atoms with Gasteiger partial charge in [0.2, 0.25) is 0 Å². The van der Waals surface area contributed by atoms with Crippen LogP contribution in [-0.2, 0) is 6.18 Å². The molecule has 0 aliphatic carbocycles. The van der Waals surface area contributed by atoms with Gasteiger partial charge in [0, 0.05) is 19.0 Å². The van der Waals surface area contributed by atoms with Crippen LogP contribution in [0.5, 0.6) is 0 Å². The molecule has 1 saturated heterocycles. The fourth-order valence-electron chi connectivity index (χ4n) is 2.68. The number of aromatic nitrogens is 2. The van der Waals surface area contributed by atoms with E-state index in [4.69, 9.17) is 4.42 Å². The van der Waals surface area contributed by atoms with Gasteiger partial charge in [0.15, 0.2) is 5.82 Å². The first kappa shape index (κ1) is 15.6. The second-order valence-corrected chi connectivity index (χ2v) is 5.52. The summed E-state index contributed by atoms with van der Waals surface area (Å²) in [5.41, 5.74) is 0.465. The highest BCUT2D eigenvalue weighted by molar-refractivity contribution is 5.95. The molecule has 1 atom stereocenters. The van der Waals surface area contributed by atoms with Crippen molar-refractivity contribution >= 4 is 5.91 Å². The molecular formula is C14H14F3N3O3. The van der Waals surface area contributed by atoms with Crippen LogP contribution in [-0.4, -0.2) is 34.0 Å². The minimum absolute atomic E-state index is 0.0206. The van der Waals surface area contributed by atoms with Crippen molar-refractivity contribution in [2.75, 3.05) is 13.1 Å². The highest BCUT2D eigenvalue weighted by Crippen LogP contribution is 2.31. The number of likely N-dealkylation sites (tertiary alicyclic amines) is 1. The van der Waals surface area contributed by atoms with Crippen LogP contribution in [0.25, 0.3) is 0 Å². The van der Waals surface area contributed by atoms with Crippen molar-refractivity contribution in [3.8, 4) is 0 Å². The van der Waals surface area contributed by atoms with Gasteiger partial charge in [-0.05, 0) is 26.3 Å². The van der Waals surface area contributed by atoms with Crippen LogP contribution in [0.15, 0.2) is 15.0 Å². The van der Waals surface area contributed by atoms with E-state index in [2.05, 4.69) is 14.7 Å². The summed E-state index contributed by atoms with van der Waals surface area (Å²) in [6.07, 6.45) is -4.18. The quantitative estimate of drug-likeness (QED) is 0.847. The first-order chi connectivity index (χ1) is 10.8. The molecule has 0 aromatic carbocycles. The molecule has 0 spiro atoms. The fourth-order valence-corrected chi connectivity index (χ4v) is 2.68. The van der Waals surface area contributed by atoms with E-state index in [0.717, 1.165) is 0 Å². The lowest BCUT2D eigenvalue weighted by atomic mass is 10.1. The number of hydrogen-bond donors (Lipinski definition) is 0. The third kappa shape index (κ3) is 2.95. The van der Waals surface area contributed by atoms with Gasteiger partial charge >= 0.3 is 12.1 Å². The molecule has 0 unspecified atom stereocenters. The second kappa shape index (κ2) is 5.39. The predicted octanol–water partition coefficient (Wildman–Crippen LogP) is 2.93. The summed E-state index contributed by atoms with van der Waals surface area (Å²) < 4.78 is 47.0. The first-order valence-electron chi connectivity index (χ1n) is 7.03. The summed E-state index contributed by atoms with van der Waals surface area (Å²) in [7, 11) is 0. The van der Waals surface area contributed by atoms with Gasteiger partial charge in [0.05, 0.1) is 5.56 Å². The lowest BCUT2D eigenvalue weighted by molar-refractivity contribution is -0.159. The summed E-state index contributed by atoms with van der Waals surface area (Å²) in [4.78, 5) is 17.4. The lowest BCUT2D eigenvalue weighted by Gasteiger charge is -2.15. The molecule has 0 N–H and O–H groups in total. The monoisotopic (exact) mass is 329 g/mol. The number of alkyl halides is 3. The maximum atomic E-state index is 12.5. The minimum Gasteiger partial charge on any atom is -0.466 e. The number of halogens is 3. The van der Waals surface area contributed by atoms with E-state index in [1.807, 2.05) is 0 Å². The Bertz CT molecular complexity index is 735. The summed E-state index contributed by atoms with van der Waals surface area (Å²) in [6, 6.07) is 1.65. The number of rotatable bonds is 2. The second-order valence-electron chi connectivity index (χ2n) is 5.52. The Balaban J connectivity index is 1.72. The summed E-state index contributed by atoms with van der Waals surface area (Å²) >= 11 is 0. The number of furan rings is 1. The largest absolute Gasteiger partial charge is 0.471 e. The number of carbonyl (C=O) groups excluding carboxylic acids is 1. The summed E-state index contributed by atoms with van der Waals surface area (Å²) in [6.45, 7) is 4.11. The van der Waals surface area contributed by atoms with Crippen LogP contribution < -0.4 is 0 Å². The molecule has 1 aliphatic rings. The molecule has 0 bridgehead atoms. The molecule has 2 aromatic rings. The Labute approximate surface area is 129 Å². The van der Waals surface area contributed by atoms with Crippen molar-refractivity contribution in [2.24, 2.45) is 0 Å². The maximum absolute atomic E-state index is 12.5. The molecule has 124 valence electrons. The van der Waals surface area contributed by atoms with E-state index in [1.165, 1.54) is 0 Å². The molecule has 6 nitrogen and oxygen atoms in total. The maximum Gasteiger partial charge on any atom is 0.471 e. The average molecular weight is 329 g/mol. The van der Waals surface area contributed by atoms with E-state index in [1.54, 1.807) is 24.8 Å². The Morgan fingerprint density at radius 2 is 2.13 bits per heavy atom. The predicted molar refractivity (Wildman–Crippen MR) is 70.7 cm³/mol. The van der Waals surface area contributed by atoms with Gasteiger partial charge in [-0.3, -0.25) is 4.79 Å². The van der Waals surface area contributed by atoms with Gasteiger partial charge < -0.3 is 13.8 Å². The number of carbonyl (C=O) groups is 1. The number of hydrogen-bond acceptors (Lipinski definition) is 5. The zero-order chi connectivity index (χ0) is 16.8. The molecular weight excluding hydrogens is 315 g/mol. The topological polar surface area (TPSA) is 72.4 Å². The Kier molecular flexibility index (Phi) is 3.65. The normalized spacial score (nSPS) is 18.7. The van der Waals surface area contributed by atoms with Crippen molar-refractivity contribution in [1.29, 1.82) is 0 Å². The van der Waals surface area contributed by atoms with Crippen LogP contribution in [0.2, 0.25) is 0 Å². The minimum atomic E-state index is -4.66. The highest BCUT2D eigenvalue weighted by atomic mass is 19.4. The van der Waals surface area contributed by atoms with Crippen LogP contribution in [0.1, 0.15) is 45.9 Å². The van der Waals surface area contributed by atoms with Gasteiger partial charge in [0.25, 0.3) is 5.91 Å². The van der Waals surface area contributed by atoms with Crippen molar-refractivity contribution in [3.63, 3.8) is 0 Å². The van der Waals surface area contributed by atoms with Gasteiger partial charge in [-0.2, -0.15) is 18.2 Å². The van der Waals surface area contributed by atoms with Crippen LogP contribution in [0.4, 0.5) is 13.2 Å².